The summed E-state index contributed by atoms with van der Waals surface area (Å²) in [6.45, 7) is 3.63. The lowest BCUT2D eigenvalue weighted by molar-refractivity contribution is -0.140. The fraction of sp³-hybridized carbons (Fsp3) is 0.212. The lowest BCUT2D eigenvalue weighted by Gasteiger charge is -2.34. The second-order valence-electron chi connectivity index (χ2n) is 9.91. The van der Waals surface area contributed by atoms with Crippen molar-refractivity contribution in [2.45, 2.75) is 37.8 Å². The van der Waals surface area contributed by atoms with Crippen LogP contribution in [0.1, 0.15) is 23.6 Å². The van der Waals surface area contributed by atoms with Crippen molar-refractivity contribution in [1.29, 1.82) is 0 Å². The van der Waals surface area contributed by atoms with Crippen molar-refractivity contribution in [3.05, 3.63) is 131 Å². The zero-order valence-electron chi connectivity index (χ0n) is 23.6. The first-order chi connectivity index (χ1) is 20.2. The van der Waals surface area contributed by atoms with E-state index in [4.69, 9.17) is 11.6 Å². The van der Waals surface area contributed by atoms with Gasteiger partial charge in [0.05, 0.1) is 10.6 Å². The molecule has 1 unspecified atom stereocenters. The number of nitrogens with one attached hydrogen (secondary N) is 1. The Bertz CT molecular complexity index is 1600. The Hall–Kier alpha value is -4.14. The number of nitrogens with zero attached hydrogens (tertiary/aromatic N) is 2. The zero-order chi connectivity index (χ0) is 30.1. The molecule has 2 amide bonds. The van der Waals surface area contributed by atoms with Crippen molar-refractivity contribution >= 4 is 39.1 Å². The number of likely N-dealkylation sites (N-methyl/N-ethyl adjacent to an activating group) is 1. The third-order valence-corrected chi connectivity index (χ3v) is 8.83. The van der Waals surface area contributed by atoms with Gasteiger partial charge >= 0.3 is 0 Å². The van der Waals surface area contributed by atoms with E-state index in [-0.39, 0.29) is 23.8 Å². The Balaban J connectivity index is 1.78. The van der Waals surface area contributed by atoms with Crippen LogP contribution in [0.2, 0.25) is 5.02 Å². The summed E-state index contributed by atoms with van der Waals surface area (Å²) in [6, 6.07) is 30.6. The van der Waals surface area contributed by atoms with Crippen molar-refractivity contribution in [2.75, 3.05) is 17.4 Å². The van der Waals surface area contributed by atoms with Crippen LogP contribution < -0.4 is 9.62 Å². The van der Waals surface area contributed by atoms with Crippen LogP contribution in [0.3, 0.4) is 0 Å². The first-order valence-corrected chi connectivity index (χ1v) is 15.5. The van der Waals surface area contributed by atoms with Gasteiger partial charge in [-0.2, -0.15) is 0 Å². The van der Waals surface area contributed by atoms with Crippen LogP contribution in [0.15, 0.2) is 114 Å². The normalized spacial score (nSPS) is 11.9. The van der Waals surface area contributed by atoms with E-state index < -0.39 is 28.5 Å². The molecule has 1 atom stereocenters. The molecule has 218 valence electrons. The lowest BCUT2D eigenvalue weighted by Crippen LogP contribution is -2.53. The summed E-state index contributed by atoms with van der Waals surface area (Å²) in [5, 5.41) is 3.40. The number of hydrogen-bond acceptors (Lipinski definition) is 4. The molecule has 0 saturated carbocycles. The summed E-state index contributed by atoms with van der Waals surface area (Å²) in [6.07, 6.45) is 0.252. The summed E-state index contributed by atoms with van der Waals surface area (Å²) in [7, 11) is -4.13. The lowest BCUT2D eigenvalue weighted by atomic mass is 10.0. The van der Waals surface area contributed by atoms with Gasteiger partial charge in [0, 0.05) is 24.5 Å². The minimum atomic E-state index is -4.13. The molecule has 0 fully saturated rings. The third-order valence-electron chi connectivity index (χ3n) is 6.79. The van der Waals surface area contributed by atoms with Gasteiger partial charge in [0.25, 0.3) is 10.0 Å². The second kappa shape index (κ2) is 14.2. The molecule has 0 aliphatic heterocycles. The molecule has 4 aromatic rings. The minimum absolute atomic E-state index is 0.0631. The largest absolute Gasteiger partial charge is 0.355 e. The predicted molar refractivity (Wildman–Crippen MR) is 167 cm³/mol. The van der Waals surface area contributed by atoms with Crippen LogP contribution >= 0.6 is 11.6 Å². The number of carbonyl (C=O) groups excluding carboxylic acids is 2. The number of aryl methyl sites for hydroxylation is 1. The van der Waals surface area contributed by atoms with Crippen LogP contribution in [0.5, 0.6) is 0 Å². The number of halogens is 1. The van der Waals surface area contributed by atoms with Crippen molar-refractivity contribution in [3.8, 4) is 0 Å². The molecule has 0 aliphatic rings. The molecule has 0 radical (unpaired) electrons. The van der Waals surface area contributed by atoms with Gasteiger partial charge in [0.15, 0.2) is 0 Å². The number of rotatable bonds is 12. The molecule has 1 N–H and O–H groups in total. The highest BCUT2D eigenvalue weighted by Gasteiger charge is 2.34. The van der Waals surface area contributed by atoms with Gasteiger partial charge in [0.2, 0.25) is 11.8 Å². The van der Waals surface area contributed by atoms with Gasteiger partial charge in [-0.25, -0.2) is 8.42 Å². The highest BCUT2D eigenvalue weighted by atomic mass is 35.5. The van der Waals surface area contributed by atoms with Crippen LogP contribution in [-0.4, -0.2) is 44.3 Å². The summed E-state index contributed by atoms with van der Waals surface area (Å²) in [5.74, 6) is -0.838. The molecule has 0 saturated heterocycles. The third kappa shape index (κ3) is 7.78. The van der Waals surface area contributed by atoms with Crippen LogP contribution in [0.25, 0.3) is 0 Å². The first-order valence-electron chi connectivity index (χ1n) is 13.7. The Kier molecular flexibility index (Phi) is 10.4. The highest BCUT2D eigenvalue weighted by molar-refractivity contribution is 7.92. The molecule has 0 spiro atoms. The number of carbonyl (C=O) groups is 2. The van der Waals surface area contributed by atoms with Gasteiger partial charge < -0.3 is 10.2 Å². The molecule has 9 heteroatoms. The maximum Gasteiger partial charge on any atom is 0.264 e. The molecule has 0 bridgehead atoms. The van der Waals surface area contributed by atoms with E-state index >= 15 is 0 Å². The molecule has 42 heavy (non-hydrogen) atoms. The van der Waals surface area contributed by atoms with E-state index in [9.17, 15) is 18.0 Å². The van der Waals surface area contributed by atoms with E-state index in [1.54, 1.807) is 60.7 Å². The van der Waals surface area contributed by atoms with E-state index in [1.165, 1.54) is 17.0 Å². The summed E-state index contributed by atoms with van der Waals surface area (Å²) < 4.78 is 29.0. The topological polar surface area (TPSA) is 86.8 Å². The van der Waals surface area contributed by atoms with Gasteiger partial charge in [-0.15, -0.1) is 0 Å². The summed E-state index contributed by atoms with van der Waals surface area (Å²) >= 11 is 6.11. The van der Waals surface area contributed by atoms with Gasteiger partial charge in [-0.1, -0.05) is 84.4 Å². The van der Waals surface area contributed by atoms with Crippen molar-refractivity contribution in [3.63, 3.8) is 0 Å². The van der Waals surface area contributed by atoms with Crippen LogP contribution in [0.4, 0.5) is 5.69 Å². The van der Waals surface area contributed by atoms with Crippen LogP contribution in [-0.2, 0) is 32.6 Å². The first kappa shape index (κ1) is 30.8. The summed E-state index contributed by atoms with van der Waals surface area (Å²) in [5.41, 5.74) is 2.82. The zero-order valence-corrected chi connectivity index (χ0v) is 25.2. The van der Waals surface area contributed by atoms with E-state index in [0.717, 1.165) is 21.0 Å². The highest BCUT2D eigenvalue weighted by Crippen LogP contribution is 2.26. The monoisotopic (exact) mass is 603 g/mol. The Morgan fingerprint density at radius 1 is 0.833 bits per heavy atom. The molecular weight excluding hydrogens is 570 g/mol. The second-order valence-corrected chi connectivity index (χ2v) is 12.2. The molecule has 4 rings (SSSR count). The minimum Gasteiger partial charge on any atom is -0.355 e. The molecule has 0 heterocycles. The fourth-order valence-electron chi connectivity index (χ4n) is 4.66. The van der Waals surface area contributed by atoms with Crippen molar-refractivity contribution < 1.29 is 18.0 Å². The Morgan fingerprint density at radius 2 is 1.48 bits per heavy atom. The van der Waals surface area contributed by atoms with E-state index in [0.29, 0.717) is 17.3 Å². The Labute approximate surface area is 252 Å². The SMILES string of the molecule is CCNC(=O)C(Cc1ccccc1)N(Cc1ccc(Cl)cc1)C(=O)CN(c1cccc(C)c1)S(=O)(=O)c1ccccc1. The van der Waals surface area contributed by atoms with Crippen LogP contribution in [0, 0.1) is 6.92 Å². The van der Waals surface area contributed by atoms with Crippen molar-refractivity contribution in [2.24, 2.45) is 0 Å². The summed E-state index contributed by atoms with van der Waals surface area (Å²) in [4.78, 5) is 29.3. The van der Waals surface area contributed by atoms with E-state index in [2.05, 4.69) is 5.32 Å². The van der Waals surface area contributed by atoms with E-state index in [1.807, 2.05) is 50.2 Å². The number of benzene rings is 4. The van der Waals surface area contributed by atoms with Crippen molar-refractivity contribution in [1.82, 2.24) is 10.2 Å². The van der Waals surface area contributed by atoms with Gasteiger partial charge in [-0.3, -0.25) is 13.9 Å². The number of anilines is 1. The maximum atomic E-state index is 14.3. The quantitative estimate of drug-likeness (QED) is 0.228. The average Bonchev–Trinajstić information content (AvgIpc) is 2.99. The fourth-order valence-corrected chi connectivity index (χ4v) is 6.22. The average molecular weight is 604 g/mol. The number of hydrogen-bond donors (Lipinski definition) is 1. The molecule has 7 nitrogen and oxygen atoms in total. The Morgan fingerprint density at radius 3 is 2.10 bits per heavy atom. The number of sulfonamides is 1. The molecule has 4 aromatic carbocycles. The maximum absolute atomic E-state index is 14.3. The number of amides is 2. The molecule has 0 aromatic heterocycles. The smallest absolute Gasteiger partial charge is 0.264 e. The van der Waals surface area contributed by atoms with Gasteiger partial charge in [-0.05, 0) is 66.9 Å². The molecule has 0 aliphatic carbocycles. The predicted octanol–water partition coefficient (Wildman–Crippen LogP) is 5.62. The standard InChI is InChI=1S/C33H34ClN3O4S/c1-3-35-33(39)31(22-26-12-6-4-7-13-26)36(23-27-17-19-28(34)20-18-27)32(38)24-37(29-14-10-11-25(2)21-29)42(40,41)30-15-8-5-9-16-30/h4-21,31H,3,22-24H2,1-2H3,(H,35,39). The molecular formula is C33H34ClN3O4S. The van der Waals surface area contributed by atoms with Gasteiger partial charge in [0.1, 0.15) is 12.6 Å².